The Morgan fingerprint density at radius 1 is 1.38 bits per heavy atom. The van der Waals surface area contributed by atoms with Gasteiger partial charge in [0, 0.05) is 5.39 Å². The van der Waals surface area contributed by atoms with Crippen LogP contribution >= 0.6 is 12.2 Å². The summed E-state index contributed by atoms with van der Waals surface area (Å²) in [6.07, 6.45) is 3.80. The quantitative estimate of drug-likeness (QED) is 0.812. The number of benzene rings is 1. The summed E-state index contributed by atoms with van der Waals surface area (Å²) in [4.78, 5) is 5.25. The molecule has 0 aliphatic rings. The van der Waals surface area contributed by atoms with Crippen molar-refractivity contribution in [2.24, 2.45) is 0 Å². The fourth-order valence-electron chi connectivity index (χ4n) is 1.59. The van der Waals surface area contributed by atoms with Gasteiger partial charge in [-0.05, 0) is 25.0 Å². The largest absolute Gasteiger partial charge is 0.349 e. The van der Waals surface area contributed by atoms with Gasteiger partial charge in [0.1, 0.15) is 0 Å². The van der Waals surface area contributed by atoms with Crippen LogP contribution in [0.1, 0.15) is 19.8 Å². The van der Waals surface area contributed by atoms with Crippen LogP contribution in [0, 0.1) is 0 Å². The van der Waals surface area contributed by atoms with Crippen LogP contribution in [0.2, 0.25) is 0 Å². The van der Waals surface area contributed by atoms with E-state index in [0.29, 0.717) is 0 Å². The Kier molecular flexibility index (Phi) is 3.47. The lowest BCUT2D eigenvalue weighted by Crippen LogP contribution is -2.08. The van der Waals surface area contributed by atoms with Crippen molar-refractivity contribution in [2.75, 3.05) is 5.32 Å². The Balaban J connectivity index is 2.22. The minimum atomic E-state index is 0.875. The zero-order chi connectivity index (χ0) is 11.4. The number of thiocarbonyl (C=S) groups is 1. The summed E-state index contributed by atoms with van der Waals surface area (Å²) in [6, 6.07) is 10.1. The summed E-state index contributed by atoms with van der Waals surface area (Å²) in [6.45, 7) is 2.12. The molecule has 1 aromatic heterocycles. The third kappa shape index (κ3) is 2.55. The van der Waals surface area contributed by atoms with Crippen LogP contribution in [0.15, 0.2) is 36.5 Å². The molecule has 0 saturated carbocycles. The summed E-state index contributed by atoms with van der Waals surface area (Å²) < 4.78 is 0. The lowest BCUT2D eigenvalue weighted by molar-refractivity contribution is 1.00. The summed E-state index contributed by atoms with van der Waals surface area (Å²) in [5, 5.41) is 4.34. The fraction of sp³-hybridized carbons (Fsp3) is 0.231. The van der Waals surface area contributed by atoms with Crippen molar-refractivity contribution >= 4 is 33.8 Å². The van der Waals surface area contributed by atoms with Crippen molar-refractivity contribution in [2.45, 2.75) is 19.8 Å². The molecule has 0 amide bonds. The van der Waals surface area contributed by atoms with Crippen molar-refractivity contribution in [3.63, 3.8) is 0 Å². The molecule has 3 heteroatoms. The Hall–Kier alpha value is -1.48. The Morgan fingerprint density at radius 2 is 2.19 bits per heavy atom. The van der Waals surface area contributed by atoms with Gasteiger partial charge in [0.25, 0.3) is 0 Å². The molecular formula is C13H14N2S. The Labute approximate surface area is 101 Å². The highest BCUT2D eigenvalue weighted by molar-refractivity contribution is 7.80. The second kappa shape index (κ2) is 5.03. The van der Waals surface area contributed by atoms with Gasteiger partial charge >= 0.3 is 0 Å². The molecule has 0 aliphatic carbocycles. The first kappa shape index (κ1) is 11.0. The number of pyridine rings is 1. The van der Waals surface area contributed by atoms with E-state index in [-0.39, 0.29) is 0 Å². The summed E-state index contributed by atoms with van der Waals surface area (Å²) in [7, 11) is 0. The van der Waals surface area contributed by atoms with E-state index in [1.54, 1.807) is 0 Å². The monoisotopic (exact) mass is 230 g/mol. The van der Waals surface area contributed by atoms with Gasteiger partial charge in [-0.25, -0.2) is 0 Å². The van der Waals surface area contributed by atoms with Gasteiger partial charge in [-0.1, -0.05) is 37.3 Å². The summed E-state index contributed by atoms with van der Waals surface area (Å²) >= 11 is 5.22. The molecule has 2 nitrogen and oxygen atoms in total. The molecule has 16 heavy (non-hydrogen) atoms. The molecule has 0 atom stereocenters. The van der Waals surface area contributed by atoms with E-state index in [9.17, 15) is 0 Å². The average Bonchev–Trinajstić information content (AvgIpc) is 2.29. The maximum Gasteiger partial charge on any atom is 0.0797 e. The second-order valence-electron chi connectivity index (χ2n) is 3.71. The van der Waals surface area contributed by atoms with Crippen molar-refractivity contribution in [1.82, 2.24) is 4.98 Å². The molecule has 82 valence electrons. The van der Waals surface area contributed by atoms with Crippen LogP contribution in [-0.4, -0.2) is 9.97 Å². The predicted molar refractivity (Wildman–Crippen MR) is 72.9 cm³/mol. The summed E-state index contributed by atoms with van der Waals surface area (Å²) in [5.74, 6) is 0. The normalized spacial score (nSPS) is 10.3. The highest BCUT2D eigenvalue weighted by Crippen LogP contribution is 2.16. The molecule has 0 unspecified atom stereocenters. The van der Waals surface area contributed by atoms with Gasteiger partial charge in [-0.2, -0.15) is 0 Å². The van der Waals surface area contributed by atoms with Crippen LogP contribution in [0.4, 0.5) is 5.69 Å². The molecule has 2 rings (SSSR count). The molecule has 0 fully saturated rings. The van der Waals surface area contributed by atoms with Crippen LogP contribution in [0.25, 0.3) is 10.9 Å². The minimum absolute atomic E-state index is 0.875. The average molecular weight is 230 g/mol. The van der Waals surface area contributed by atoms with Gasteiger partial charge in [0.05, 0.1) is 22.4 Å². The number of hydrogen-bond donors (Lipinski definition) is 1. The zero-order valence-corrected chi connectivity index (χ0v) is 10.1. The number of para-hydroxylation sites is 1. The SMILES string of the molecule is CCCC(=S)Nc1cnc2ccccc2c1. The minimum Gasteiger partial charge on any atom is -0.349 e. The van der Waals surface area contributed by atoms with Crippen LogP contribution < -0.4 is 5.32 Å². The van der Waals surface area contributed by atoms with Gasteiger partial charge in [0.2, 0.25) is 0 Å². The lowest BCUT2D eigenvalue weighted by Gasteiger charge is -2.07. The van der Waals surface area contributed by atoms with E-state index >= 15 is 0 Å². The third-order valence-corrected chi connectivity index (χ3v) is 2.66. The fourth-order valence-corrected chi connectivity index (χ4v) is 1.91. The van der Waals surface area contributed by atoms with E-state index in [1.807, 2.05) is 24.4 Å². The van der Waals surface area contributed by atoms with Crippen LogP contribution in [0.3, 0.4) is 0 Å². The molecule has 1 N–H and O–H groups in total. The van der Waals surface area contributed by atoms with E-state index < -0.39 is 0 Å². The number of nitrogens with one attached hydrogen (secondary N) is 1. The first-order valence-corrected chi connectivity index (χ1v) is 5.85. The number of nitrogens with zero attached hydrogens (tertiary/aromatic N) is 1. The van der Waals surface area contributed by atoms with Crippen LogP contribution in [0.5, 0.6) is 0 Å². The van der Waals surface area contributed by atoms with Crippen molar-refractivity contribution in [3.8, 4) is 0 Å². The van der Waals surface area contributed by atoms with Gasteiger partial charge in [-0.15, -0.1) is 0 Å². The van der Waals surface area contributed by atoms with Crippen LogP contribution in [-0.2, 0) is 0 Å². The first-order chi connectivity index (χ1) is 7.79. The van der Waals surface area contributed by atoms with E-state index in [0.717, 1.165) is 34.4 Å². The number of fused-ring (bicyclic) bond motifs is 1. The lowest BCUT2D eigenvalue weighted by atomic mass is 10.2. The van der Waals surface area contributed by atoms with Gasteiger partial charge < -0.3 is 5.32 Å². The number of hydrogen-bond acceptors (Lipinski definition) is 2. The number of rotatable bonds is 3. The number of anilines is 1. The number of aromatic nitrogens is 1. The van der Waals surface area contributed by atoms with Gasteiger partial charge in [-0.3, -0.25) is 4.98 Å². The zero-order valence-electron chi connectivity index (χ0n) is 9.23. The molecule has 0 aliphatic heterocycles. The first-order valence-electron chi connectivity index (χ1n) is 5.44. The molecule has 0 saturated heterocycles. The molecule has 2 aromatic rings. The smallest absolute Gasteiger partial charge is 0.0797 e. The highest BCUT2D eigenvalue weighted by Gasteiger charge is 1.99. The van der Waals surface area contributed by atoms with Crippen molar-refractivity contribution < 1.29 is 0 Å². The molecular weight excluding hydrogens is 216 g/mol. The van der Waals surface area contributed by atoms with Crippen molar-refractivity contribution in [1.29, 1.82) is 0 Å². The maximum atomic E-state index is 5.22. The third-order valence-electron chi connectivity index (χ3n) is 2.35. The molecule has 0 spiro atoms. The Bertz CT molecular complexity index is 508. The summed E-state index contributed by atoms with van der Waals surface area (Å²) in [5.41, 5.74) is 1.98. The van der Waals surface area contributed by atoms with E-state index in [1.165, 1.54) is 0 Å². The van der Waals surface area contributed by atoms with E-state index in [2.05, 4.69) is 29.4 Å². The standard InChI is InChI=1S/C13H14N2S/c1-2-5-13(16)15-11-8-10-6-3-4-7-12(10)14-9-11/h3-4,6-9H,2,5H2,1H3,(H,15,16). The van der Waals surface area contributed by atoms with E-state index in [4.69, 9.17) is 12.2 Å². The predicted octanol–water partition coefficient (Wildman–Crippen LogP) is 3.77. The molecule has 1 heterocycles. The molecule has 0 radical (unpaired) electrons. The Morgan fingerprint density at radius 3 is 3.00 bits per heavy atom. The topological polar surface area (TPSA) is 24.9 Å². The van der Waals surface area contributed by atoms with Gasteiger partial charge in [0.15, 0.2) is 0 Å². The maximum absolute atomic E-state index is 5.22. The molecule has 1 aromatic carbocycles. The van der Waals surface area contributed by atoms with Crippen molar-refractivity contribution in [3.05, 3.63) is 36.5 Å². The second-order valence-corrected chi connectivity index (χ2v) is 4.21. The molecule has 0 bridgehead atoms. The highest BCUT2D eigenvalue weighted by atomic mass is 32.1.